The molecule has 1 aliphatic carbocycles. The zero-order valence-corrected chi connectivity index (χ0v) is 21.4. The molecule has 0 amide bonds. The Hall–Kier alpha value is -2.75. The Morgan fingerprint density at radius 2 is 2.11 bits per heavy atom. The number of fused-ring (bicyclic) bond motifs is 3. The molecule has 0 saturated carbocycles. The molecule has 6 heterocycles. The molecule has 196 valence electrons. The van der Waals surface area contributed by atoms with Crippen LogP contribution in [0.4, 0.5) is 15.3 Å². The van der Waals surface area contributed by atoms with Crippen molar-refractivity contribution in [2.45, 2.75) is 61.8 Å². The van der Waals surface area contributed by atoms with Crippen LogP contribution in [0.1, 0.15) is 48.1 Å². The van der Waals surface area contributed by atoms with Gasteiger partial charge in [0, 0.05) is 42.8 Å². The number of hydrogen-bond donors (Lipinski definition) is 1. The van der Waals surface area contributed by atoms with E-state index < -0.39 is 6.17 Å². The van der Waals surface area contributed by atoms with Crippen molar-refractivity contribution in [2.24, 2.45) is 0 Å². The van der Waals surface area contributed by atoms with Gasteiger partial charge in [-0.2, -0.15) is 15.2 Å². The largest absolute Gasteiger partial charge is 0.461 e. The monoisotopic (exact) mass is 527 g/mol. The van der Waals surface area contributed by atoms with Crippen LogP contribution in [0.5, 0.6) is 12.0 Å². The number of aromatic nitrogens is 3. The summed E-state index contributed by atoms with van der Waals surface area (Å²) in [5.74, 6) is 0.496. The number of nitriles is 1. The van der Waals surface area contributed by atoms with E-state index in [-0.39, 0.29) is 29.1 Å². The molecular weight excluding hydrogens is 497 g/mol. The molecule has 12 heteroatoms. The van der Waals surface area contributed by atoms with Crippen molar-refractivity contribution in [3.8, 4) is 18.1 Å². The summed E-state index contributed by atoms with van der Waals surface area (Å²) < 4.78 is 31.9. The summed E-state index contributed by atoms with van der Waals surface area (Å²) in [7, 11) is 0. The Morgan fingerprint density at radius 1 is 1.24 bits per heavy atom. The third-order valence-corrected chi connectivity index (χ3v) is 9.80. The van der Waals surface area contributed by atoms with E-state index in [4.69, 9.17) is 19.9 Å². The summed E-state index contributed by atoms with van der Waals surface area (Å²) in [5.41, 5.74) is 7.48. The second-order valence-electron chi connectivity index (χ2n) is 11.1. The van der Waals surface area contributed by atoms with Crippen LogP contribution in [0.3, 0.4) is 0 Å². The second-order valence-corrected chi connectivity index (χ2v) is 12.2. The van der Waals surface area contributed by atoms with Gasteiger partial charge < -0.3 is 24.8 Å². The average molecular weight is 528 g/mol. The van der Waals surface area contributed by atoms with Crippen molar-refractivity contribution >= 4 is 22.3 Å². The fraction of sp³-hybridized carbons (Fsp3) is 0.680. The number of ether oxygens (including phenoxy) is 3. The lowest BCUT2D eigenvalue weighted by Gasteiger charge is -2.48. The van der Waals surface area contributed by atoms with E-state index >= 15 is 0 Å². The van der Waals surface area contributed by atoms with Gasteiger partial charge in [0.15, 0.2) is 0 Å². The van der Waals surface area contributed by atoms with Gasteiger partial charge in [-0.3, -0.25) is 4.90 Å². The first-order valence-electron chi connectivity index (χ1n) is 13.1. The van der Waals surface area contributed by atoms with Crippen LogP contribution in [0.15, 0.2) is 0 Å². The number of nitrogen functional groups attached to an aromatic ring is 1. The van der Waals surface area contributed by atoms with E-state index in [0.29, 0.717) is 62.4 Å². The lowest BCUT2D eigenvalue weighted by Crippen LogP contribution is -2.59. The quantitative estimate of drug-likeness (QED) is 0.598. The second kappa shape index (κ2) is 8.64. The van der Waals surface area contributed by atoms with Gasteiger partial charge >= 0.3 is 12.0 Å². The van der Waals surface area contributed by atoms with Crippen LogP contribution < -0.4 is 20.1 Å². The molecule has 4 aliphatic heterocycles. The highest BCUT2D eigenvalue weighted by molar-refractivity contribution is 7.16. The third-order valence-electron chi connectivity index (χ3n) is 8.72. The molecule has 3 atom stereocenters. The minimum Gasteiger partial charge on any atom is -0.461 e. The third kappa shape index (κ3) is 3.82. The van der Waals surface area contributed by atoms with Gasteiger partial charge in [-0.05, 0) is 37.8 Å². The Morgan fingerprint density at radius 3 is 2.92 bits per heavy atom. The minimum absolute atomic E-state index is 0.105. The summed E-state index contributed by atoms with van der Waals surface area (Å²) in [6, 6.07) is 2.74. The molecule has 2 aromatic heterocycles. The number of anilines is 2. The topological polar surface area (TPSA) is 123 Å². The van der Waals surface area contributed by atoms with Crippen LogP contribution in [0.2, 0.25) is 0 Å². The molecule has 7 rings (SSSR count). The fourth-order valence-electron chi connectivity index (χ4n) is 6.95. The van der Waals surface area contributed by atoms with Crippen molar-refractivity contribution < 1.29 is 18.6 Å². The van der Waals surface area contributed by atoms with Gasteiger partial charge in [-0.15, -0.1) is 16.3 Å². The first kappa shape index (κ1) is 23.4. The van der Waals surface area contributed by atoms with E-state index in [1.165, 1.54) is 16.2 Å². The number of halogens is 1. The van der Waals surface area contributed by atoms with Crippen LogP contribution >= 0.6 is 11.3 Å². The van der Waals surface area contributed by atoms with Gasteiger partial charge in [-0.25, -0.2) is 4.39 Å². The highest BCUT2D eigenvalue weighted by Gasteiger charge is 2.52. The Labute approximate surface area is 218 Å². The zero-order chi connectivity index (χ0) is 25.2. The predicted octanol–water partition coefficient (Wildman–Crippen LogP) is 2.21. The smallest absolute Gasteiger partial charge is 0.324 e. The summed E-state index contributed by atoms with van der Waals surface area (Å²) in [6.45, 7) is 4.25. The van der Waals surface area contributed by atoms with E-state index in [2.05, 4.69) is 30.8 Å². The number of hydrogen-bond acceptors (Lipinski definition) is 11. The number of aryl methyl sites for hydroxylation is 1. The minimum atomic E-state index is -0.822. The summed E-state index contributed by atoms with van der Waals surface area (Å²) in [6.07, 6.45) is 4.21. The highest BCUT2D eigenvalue weighted by Crippen LogP contribution is 2.52. The van der Waals surface area contributed by atoms with Crippen molar-refractivity contribution in [1.82, 2.24) is 19.9 Å². The van der Waals surface area contributed by atoms with Crippen molar-refractivity contribution in [2.75, 3.05) is 56.6 Å². The maximum Gasteiger partial charge on any atom is 0.324 e. The molecule has 5 aliphatic rings. The van der Waals surface area contributed by atoms with Crippen molar-refractivity contribution in [3.05, 3.63) is 16.0 Å². The number of nitrogens with two attached hydrogens (primary N) is 1. The van der Waals surface area contributed by atoms with Crippen molar-refractivity contribution in [3.63, 3.8) is 0 Å². The Kier molecular flexibility index (Phi) is 5.46. The number of nitrogens with zero attached hydrogens (tertiary/aromatic N) is 6. The zero-order valence-electron chi connectivity index (χ0n) is 20.6. The number of alkyl halides is 1. The molecular formula is C25H30FN7O3S. The van der Waals surface area contributed by atoms with Crippen LogP contribution in [-0.2, 0) is 16.6 Å². The van der Waals surface area contributed by atoms with Crippen LogP contribution in [0, 0.1) is 11.3 Å². The fourth-order valence-corrected chi connectivity index (χ4v) is 8.09. The van der Waals surface area contributed by atoms with Crippen LogP contribution in [0.25, 0.3) is 0 Å². The van der Waals surface area contributed by atoms with E-state index in [1.54, 1.807) is 0 Å². The van der Waals surface area contributed by atoms with Gasteiger partial charge in [-0.1, -0.05) is 0 Å². The maximum atomic E-state index is 14.2. The molecule has 4 saturated heterocycles. The number of thiophene rings is 1. The van der Waals surface area contributed by atoms with Crippen LogP contribution in [-0.4, -0.2) is 83.7 Å². The summed E-state index contributed by atoms with van der Waals surface area (Å²) in [5, 5.41) is 10.3. The maximum absolute atomic E-state index is 14.2. The molecule has 2 aromatic rings. The molecule has 1 spiro atoms. The first-order valence-corrected chi connectivity index (χ1v) is 13.9. The van der Waals surface area contributed by atoms with E-state index in [0.717, 1.165) is 44.2 Å². The van der Waals surface area contributed by atoms with E-state index in [9.17, 15) is 9.65 Å². The molecule has 4 fully saturated rings. The predicted molar refractivity (Wildman–Crippen MR) is 134 cm³/mol. The number of rotatable bonds is 6. The molecule has 0 aromatic carbocycles. The highest BCUT2D eigenvalue weighted by atomic mass is 32.1. The van der Waals surface area contributed by atoms with Gasteiger partial charge in [0.1, 0.15) is 30.0 Å². The summed E-state index contributed by atoms with van der Waals surface area (Å²) in [4.78, 5) is 19.3. The lowest BCUT2D eigenvalue weighted by atomic mass is 9.74. The first-order chi connectivity index (χ1) is 18.0. The van der Waals surface area contributed by atoms with Crippen molar-refractivity contribution in [1.29, 1.82) is 5.26 Å². The van der Waals surface area contributed by atoms with E-state index in [1.807, 2.05) is 0 Å². The van der Waals surface area contributed by atoms with Gasteiger partial charge in [0.2, 0.25) is 5.95 Å². The molecule has 0 radical (unpaired) electrons. The SMILES string of the molecule is N#Cc1c(N)sc2c1C1(CC2)CN(c2nc(OC[C@@]34CCCN3C[C@H](F)C4)nc(OC3CCOC3)n2)C1. The lowest BCUT2D eigenvalue weighted by molar-refractivity contribution is 0.103. The van der Waals surface area contributed by atoms with Gasteiger partial charge in [0.05, 0.1) is 24.3 Å². The Balaban J connectivity index is 1.13. The molecule has 2 N–H and O–H groups in total. The molecule has 10 nitrogen and oxygen atoms in total. The Bertz CT molecular complexity index is 1260. The molecule has 1 unspecified atom stereocenters. The molecule has 37 heavy (non-hydrogen) atoms. The standard InChI is InChI=1S/C25H30FN7O3S/c26-15-8-25(4-1-6-33(25)10-15)14-35-22-29-21(30-23(31-22)36-16-3-7-34-11-16)32-12-24(13-32)5-2-18-19(24)17(9-27)20(28)37-18/h15-16H,1-8,10-14,28H2/t15-,16?,25+/m1/s1. The molecule has 0 bridgehead atoms. The summed E-state index contributed by atoms with van der Waals surface area (Å²) >= 11 is 1.54. The van der Waals surface area contributed by atoms with Gasteiger partial charge in [0.25, 0.3) is 0 Å². The normalized spacial score (nSPS) is 29.8. The average Bonchev–Trinajstić information content (AvgIpc) is 3.64.